The fourth-order valence-corrected chi connectivity index (χ4v) is 2.77. The third-order valence-corrected chi connectivity index (χ3v) is 4.09. The summed E-state index contributed by atoms with van der Waals surface area (Å²) in [5.74, 6) is 0.506. The molecular weight excluding hydrogens is 322 g/mol. The molecule has 0 aliphatic carbocycles. The van der Waals surface area contributed by atoms with Gasteiger partial charge in [-0.05, 0) is 23.8 Å². The summed E-state index contributed by atoms with van der Waals surface area (Å²) < 4.78 is 5.20. The Balaban J connectivity index is 1.67. The topological polar surface area (TPSA) is 64.1 Å². The molecule has 5 nitrogen and oxygen atoms in total. The van der Waals surface area contributed by atoms with E-state index in [9.17, 15) is 4.79 Å². The molecule has 0 saturated heterocycles. The number of carbonyl (C=O) groups excluding carboxylic acids is 1. The lowest BCUT2D eigenvalue weighted by molar-refractivity contribution is -0.111. The highest BCUT2D eigenvalue weighted by atomic mass is 32.1. The number of anilines is 1. The Kier molecular flexibility index (Phi) is 4.98. The fraction of sp³-hybridized carbons (Fsp3) is 0.0556. The highest BCUT2D eigenvalue weighted by Gasteiger charge is 2.09. The van der Waals surface area contributed by atoms with Crippen LogP contribution in [0.5, 0.6) is 5.75 Å². The molecule has 0 bridgehead atoms. The minimum atomic E-state index is -0.243. The van der Waals surface area contributed by atoms with Crippen LogP contribution in [0.15, 0.2) is 60.7 Å². The summed E-state index contributed by atoms with van der Waals surface area (Å²) in [5.41, 5.74) is 1.86. The molecule has 1 heterocycles. The number of methoxy groups -OCH3 is 1. The Morgan fingerprint density at radius 3 is 2.75 bits per heavy atom. The molecule has 0 spiro atoms. The number of aromatic nitrogens is 2. The van der Waals surface area contributed by atoms with Crippen LogP contribution in [-0.2, 0) is 4.79 Å². The lowest BCUT2D eigenvalue weighted by Gasteiger charge is -2.00. The minimum Gasteiger partial charge on any atom is -0.497 e. The maximum Gasteiger partial charge on any atom is 0.250 e. The average Bonchev–Trinajstić information content (AvgIpc) is 3.09. The molecular formula is C18H15N3O2S. The first-order chi connectivity index (χ1) is 11.7. The first kappa shape index (κ1) is 15.9. The second-order valence-electron chi connectivity index (χ2n) is 4.88. The Labute approximate surface area is 143 Å². The smallest absolute Gasteiger partial charge is 0.250 e. The van der Waals surface area contributed by atoms with Gasteiger partial charge in [0.1, 0.15) is 10.8 Å². The van der Waals surface area contributed by atoms with Crippen molar-refractivity contribution in [2.75, 3.05) is 12.4 Å². The van der Waals surface area contributed by atoms with Gasteiger partial charge in [-0.3, -0.25) is 10.1 Å². The van der Waals surface area contributed by atoms with Crippen LogP contribution in [0, 0.1) is 0 Å². The van der Waals surface area contributed by atoms with Crippen molar-refractivity contribution in [2.24, 2.45) is 0 Å². The molecule has 0 radical (unpaired) electrons. The van der Waals surface area contributed by atoms with E-state index in [4.69, 9.17) is 4.74 Å². The molecule has 2 aromatic carbocycles. The van der Waals surface area contributed by atoms with Gasteiger partial charge in [0.25, 0.3) is 0 Å². The van der Waals surface area contributed by atoms with Gasteiger partial charge < -0.3 is 4.74 Å². The van der Waals surface area contributed by atoms with Gasteiger partial charge in [-0.25, -0.2) is 0 Å². The van der Waals surface area contributed by atoms with E-state index >= 15 is 0 Å². The molecule has 1 aromatic heterocycles. The highest BCUT2D eigenvalue weighted by molar-refractivity contribution is 7.18. The summed E-state index contributed by atoms with van der Waals surface area (Å²) in [7, 11) is 1.62. The number of nitrogens with one attached hydrogen (secondary N) is 1. The predicted molar refractivity (Wildman–Crippen MR) is 96.0 cm³/mol. The van der Waals surface area contributed by atoms with Gasteiger partial charge in [0.2, 0.25) is 11.0 Å². The van der Waals surface area contributed by atoms with Crippen molar-refractivity contribution in [2.45, 2.75) is 0 Å². The SMILES string of the molecule is COc1cccc(-c2nnc(NC(=O)/C=C\c3ccccc3)s2)c1. The average molecular weight is 337 g/mol. The van der Waals surface area contributed by atoms with Crippen LogP contribution >= 0.6 is 11.3 Å². The molecule has 120 valence electrons. The van der Waals surface area contributed by atoms with Gasteiger partial charge in [0.15, 0.2) is 0 Å². The normalized spacial score (nSPS) is 10.7. The van der Waals surface area contributed by atoms with Gasteiger partial charge in [-0.15, -0.1) is 10.2 Å². The maximum atomic E-state index is 12.0. The summed E-state index contributed by atoms with van der Waals surface area (Å²) in [4.78, 5) is 12.0. The van der Waals surface area contributed by atoms with Gasteiger partial charge >= 0.3 is 0 Å². The Morgan fingerprint density at radius 2 is 1.96 bits per heavy atom. The summed E-state index contributed by atoms with van der Waals surface area (Å²) in [6, 6.07) is 17.2. The molecule has 3 rings (SSSR count). The highest BCUT2D eigenvalue weighted by Crippen LogP contribution is 2.28. The number of carbonyl (C=O) groups is 1. The molecule has 24 heavy (non-hydrogen) atoms. The molecule has 0 fully saturated rings. The van der Waals surface area contributed by atoms with Crippen LogP contribution in [0.3, 0.4) is 0 Å². The zero-order chi connectivity index (χ0) is 16.8. The van der Waals surface area contributed by atoms with Gasteiger partial charge in [0.05, 0.1) is 7.11 Å². The van der Waals surface area contributed by atoms with E-state index in [1.54, 1.807) is 13.2 Å². The van der Waals surface area contributed by atoms with Crippen molar-refractivity contribution in [3.8, 4) is 16.3 Å². The van der Waals surface area contributed by atoms with Crippen LogP contribution in [0.4, 0.5) is 5.13 Å². The van der Waals surface area contributed by atoms with E-state index in [0.717, 1.165) is 21.9 Å². The summed E-state index contributed by atoms with van der Waals surface area (Å²) in [5, 5.41) is 12.0. The molecule has 3 aromatic rings. The van der Waals surface area contributed by atoms with E-state index in [2.05, 4.69) is 15.5 Å². The van der Waals surface area contributed by atoms with Crippen LogP contribution in [-0.4, -0.2) is 23.2 Å². The Hall–Kier alpha value is -2.99. The second-order valence-corrected chi connectivity index (χ2v) is 5.86. The lowest BCUT2D eigenvalue weighted by Crippen LogP contribution is -2.07. The first-order valence-corrected chi connectivity index (χ1v) is 8.08. The van der Waals surface area contributed by atoms with Gasteiger partial charge in [-0.2, -0.15) is 0 Å². The largest absolute Gasteiger partial charge is 0.497 e. The van der Waals surface area contributed by atoms with Gasteiger partial charge in [0, 0.05) is 11.6 Å². The molecule has 1 N–H and O–H groups in total. The monoisotopic (exact) mass is 337 g/mol. The minimum absolute atomic E-state index is 0.243. The zero-order valence-electron chi connectivity index (χ0n) is 13.0. The van der Waals surface area contributed by atoms with Gasteiger partial charge in [-0.1, -0.05) is 53.8 Å². The van der Waals surface area contributed by atoms with Crippen LogP contribution in [0.2, 0.25) is 0 Å². The Bertz CT molecular complexity index is 859. The van der Waals surface area contributed by atoms with Crippen LogP contribution in [0.25, 0.3) is 16.6 Å². The number of hydrogen-bond donors (Lipinski definition) is 1. The van der Waals surface area contributed by atoms with Crippen molar-refractivity contribution >= 4 is 28.5 Å². The third-order valence-electron chi connectivity index (χ3n) is 3.20. The Morgan fingerprint density at radius 1 is 1.12 bits per heavy atom. The molecule has 0 aliphatic heterocycles. The van der Waals surface area contributed by atoms with Crippen LogP contribution in [0.1, 0.15) is 5.56 Å². The quantitative estimate of drug-likeness (QED) is 0.718. The second kappa shape index (κ2) is 7.52. The van der Waals surface area contributed by atoms with E-state index in [1.165, 1.54) is 17.4 Å². The van der Waals surface area contributed by atoms with Crippen molar-refractivity contribution in [3.05, 3.63) is 66.2 Å². The number of nitrogens with zero attached hydrogens (tertiary/aromatic N) is 2. The third kappa shape index (κ3) is 4.05. The number of amides is 1. The van der Waals surface area contributed by atoms with Crippen molar-refractivity contribution < 1.29 is 9.53 Å². The lowest BCUT2D eigenvalue weighted by atomic mass is 10.2. The number of rotatable bonds is 5. The molecule has 0 saturated carbocycles. The summed E-state index contributed by atoms with van der Waals surface area (Å²) in [6.45, 7) is 0. The number of ether oxygens (including phenoxy) is 1. The maximum absolute atomic E-state index is 12.0. The van der Waals surface area contributed by atoms with Crippen LogP contribution < -0.4 is 10.1 Å². The van der Waals surface area contributed by atoms with E-state index in [1.807, 2.05) is 54.6 Å². The van der Waals surface area contributed by atoms with E-state index in [-0.39, 0.29) is 5.91 Å². The van der Waals surface area contributed by atoms with E-state index < -0.39 is 0 Å². The molecule has 0 aliphatic rings. The number of hydrogen-bond acceptors (Lipinski definition) is 5. The molecule has 0 unspecified atom stereocenters. The summed E-state index contributed by atoms with van der Waals surface area (Å²) in [6.07, 6.45) is 3.22. The summed E-state index contributed by atoms with van der Waals surface area (Å²) >= 11 is 1.31. The van der Waals surface area contributed by atoms with E-state index in [0.29, 0.717) is 5.13 Å². The standard InChI is InChI=1S/C18H15N3O2S/c1-23-15-9-5-8-14(12-15)17-20-21-18(24-17)19-16(22)11-10-13-6-3-2-4-7-13/h2-12H,1H3,(H,19,21,22)/b11-10-. The predicted octanol–water partition coefficient (Wildman–Crippen LogP) is 3.87. The number of benzene rings is 2. The van der Waals surface area contributed by atoms with Crippen molar-refractivity contribution in [1.82, 2.24) is 10.2 Å². The molecule has 1 amide bonds. The van der Waals surface area contributed by atoms with Crippen molar-refractivity contribution in [3.63, 3.8) is 0 Å². The zero-order valence-corrected chi connectivity index (χ0v) is 13.8. The molecule has 6 heteroatoms. The fourth-order valence-electron chi connectivity index (χ4n) is 2.03. The van der Waals surface area contributed by atoms with Crippen molar-refractivity contribution in [1.29, 1.82) is 0 Å². The first-order valence-electron chi connectivity index (χ1n) is 7.26. The molecule has 0 atom stereocenters.